The van der Waals surface area contributed by atoms with Crippen molar-refractivity contribution >= 4 is 34.6 Å². The van der Waals surface area contributed by atoms with E-state index in [9.17, 15) is 9.18 Å². The third kappa shape index (κ3) is 4.29. The molecule has 0 radical (unpaired) electrons. The molecule has 0 spiro atoms. The highest BCUT2D eigenvalue weighted by Crippen LogP contribution is 2.22. The maximum atomic E-state index is 13.2. The molecule has 132 valence electrons. The highest BCUT2D eigenvalue weighted by atomic mass is 35.5. The van der Waals surface area contributed by atoms with Crippen LogP contribution in [0.4, 0.5) is 21.5 Å². The number of pyridine rings is 1. The summed E-state index contributed by atoms with van der Waals surface area (Å²) in [5.41, 5.74) is 2.17. The molecule has 0 bridgehead atoms. The van der Waals surface area contributed by atoms with E-state index in [1.54, 1.807) is 49.6 Å². The minimum absolute atomic E-state index is 0.0263. The van der Waals surface area contributed by atoms with Crippen LogP contribution in [-0.4, -0.2) is 18.0 Å². The first-order valence-electron chi connectivity index (χ1n) is 7.69. The number of nitrogens with zero attached hydrogens (tertiary/aromatic N) is 1. The summed E-state index contributed by atoms with van der Waals surface area (Å²) < 4.78 is 18.3. The molecule has 0 aliphatic rings. The number of anilines is 3. The Morgan fingerprint density at radius 2 is 1.73 bits per heavy atom. The van der Waals surface area contributed by atoms with Crippen LogP contribution in [0.2, 0.25) is 5.02 Å². The van der Waals surface area contributed by atoms with E-state index in [4.69, 9.17) is 16.3 Å². The average Bonchev–Trinajstić information content (AvgIpc) is 2.66. The molecule has 3 rings (SSSR count). The Labute approximate surface area is 154 Å². The van der Waals surface area contributed by atoms with Gasteiger partial charge >= 0.3 is 0 Å². The van der Waals surface area contributed by atoms with Crippen molar-refractivity contribution < 1.29 is 13.9 Å². The largest absolute Gasteiger partial charge is 0.497 e. The Balaban J connectivity index is 1.66. The smallest absolute Gasteiger partial charge is 0.274 e. The minimum Gasteiger partial charge on any atom is -0.497 e. The predicted molar refractivity (Wildman–Crippen MR) is 99.9 cm³/mol. The summed E-state index contributed by atoms with van der Waals surface area (Å²) in [5.74, 6) is -0.107. The molecule has 0 saturated heterocycles. The van der Waals surface area contributed by atoms with Gasteiger partial charge in [-0.25, -0.2) is 9.37 Å². The highest BCUT2D eigenvalue weighted by molar-refractivity contribution is 6.31. The van der Waals surface area contributed by atoms with Crippen LogP contribution in [0.5, 0.6) is 5.75 Å². The van der Waals surface area contributed by atoms with Crippen molar-refractivity contribution in [1.82, 2.24) is 4.98 Å². The van der Waals surface area contributed by atoms with Gasteiger partial charge in [0, 0.05) is 11.4 Å². The van der Waals surface area contributed by atoms with Gasteiger partial charge in [0.05, 0.1) is 24.0 Å². The molecule has 0 saturated carbocycles. The lowest BCUT2D eigenvalue weighted by Crippen LogP contribution is -2.13. The normalized spacial score (nSPS) is 10.3. The van der Waals surface area contributed by atoms with Crippen molar-refractivity contribution in [2.24, 2.45) is 0 Å². The van der Waals surface area contributed by atoms with E-state index in [-0.39, 0.29) is 16.6 Å². The van der Waals surface area contributed by atoms with Gasteiger partial charge in [-0.1, -0.05) is 11.6 Å². The van der Waals surface area contributed by atoms with Gasteiger partial charge in [0.15, 0.2) is 0 Å². The number of methoxy groups -OCH3 is 1. The summed E-state index contributed by atoms with van der Waals surface area (Å²) in [7, 11) is 1.58. The molecule has 0 aliphatic heterocycles. The Morgan fingerprint density at radius 3 is 2.35 bits per heavy atom. The second-order valence-electron chi connectivity index (χ2n) is 5.37. The minimum atomic E-state index is -0.485. The van der Waals surface area contributed by atoms with Crippen molar-refractivity contribution in [3.63, 3.8) is 0 Å². The van der Waals surface area contributed by atoms with Crippen LogP contribution in [0, 0.1) is 5.82 Å². The third-order valence-electron chi connectivity index (χ3n) is 3.55. The summed E-state index contributed by atoms with van der Waals surface area (Å²) in [5, 5.41) is 5.82. The molecule has 1 heterocycles. The highest BCUT2D eigenvalue weighted by Gasteiger charge is 2.08. The molecular formula is C19H15ClFN3O2. The molecule has 0 aliphatic carbocycles. The number of hydrogen-bond donors (Lipinski definition) is 2. The summed E-state index contributed by atoms with van der Waals surface area (Å²) in [6.45, 7) is 0. The zero-order valence-electron chi connectivity index (χ0n) is 13.8. The van der Waals surface area contributed by atoms with Gasteiger partial charge < -0.3 is 15.4 Å². The fraction of sp³-hybridized carbons (Fsp3) is 0.0526. The summed E-state index contributed by atoms with van der Waals surface area (Å²) in [6, 6.07) is 14.6. The van der Waals surface area contributed by atoms with E-state index in [1.165, 1.54) is 18.3 Å². The Kier molecular flexibility index (Phi) is 5.34. The molecule has 1 aromatic heterocycles. The van der Waals surface area contributed by atoms with Crippen molar-refractivity contribution in [2.75, 3.05) is 17.7 Å². The van der Waals surface area contributed by atoms with Gasteiger partial charge in [-0.05, 0) is 54.6 Å². The predicted octanol–water partition coefficient (Wildman–Crippen LogP) is 4.88. The molecule has 0 fully saturated rings. The second-order valence-corrected chi connectivity index (χ2v) is 5.78. The van der Waals surface area contributed by atoms with E-state index in [0.29, 0.717) is 22.8 Å². The fourth-order valence-electron chi connectivity index (χ4n) is 2.21. The number of halogens is 2. The first-order valence-corrected chi connectivity index (χ1v) is 8.06. The van der Waals surface area contributed by atoms with Crippen molar-refractivity contribution in [2.45, 2.75) is 0 Å². The summed E-state index contributed by atoms with van der Waals surface area (Å²) in [4.78, 5) is 16.4. The van der Waals surface area contributed by atoms with Crippen LogP contribution >= 0.6 is 11.6 Å². The summed E-state index contributed by atoms with van der Waals surface area (Å²) >= 11 is 5.75. The first-order chi connectivity index (χ1) is 12.5. The third-order valence-corrected chi connectivity index (χ3v) is 3.84. The standard InChI is InChI=1S/C19H15ClFN3O2/c1-26-15-6-2-12(3-7-15)24-19(25)18-9-5-14(11-22-18)23-13-4-8-17(21)16(20)10-13/h2-11,23H,1H3,(H,24,25). The SMILES string of the molecule is COc1ccc(NC(=O)c2ccc(Nc3ccc(F)c(Cl)c3)cn2)cc1. The Morgan fingerprint density at radius 1 is 1.04 bits per heavy atom. The zero-order chi connectivity index (χ0) is 18.5. The van der Waals surface area contributed by atoms with E-state index in [1.807, 2.05) is 0 Å². The number of rotatable bonds is 5. The van der Waals surface area contributed by atoms with Crippen LogP contribution in [0.25, 0.3) is 0 Å². The number of aromatic nitrogens is 1. The van der Waals surface area contributed by atoms with Gasteiger partial charge in [-0.15, -0.1) is 0 Å². The van der Waals surface area contributed by atoms with Crippen molar-refractivity contribution in [3.05, 3.63) is 77.3 Å². The quantitative estimate of drug-likeness (QED) is 0.671. The first kappa shape index (κ1) is 17.7. The van der Waals surface area contributed by atoms with Crippen molar-refractivity contribution in [1.29, 1.82) is 0 Å². The fourth-order valence-corrected chi connectivity index (χ4v) is 2.39. The number of carbonyl (C=O) groups is 1. The maximum absolute atomic E-state index is 13.2. The molecule has 5 nitrogen and oxygen atoms in total. The van der Waals surface area contributed by atoms with Gasteiger partial charge in [-0.2, -0.15) is 0 Å². The number of carbonyl (C=O) groups excluding carboxylic acids is 1. The average molecular weight is 372 g/mol. The zero-order valence-corrected chi connectivity index (χ0v) is 14.5. The lowest BCUT2D eigenvalue weighted by atomic mass is 10.2. The number of ether oxygens (including phenoxy) is 1. The second kappa shape index (κ2) is 7.84. The van der Waals surface area contributed by atoms with Crippen LogP contribution in [-0.2, 0) is 0 Å². The molecule has 0 unspecified atom stereocenters. The summed E-state index contributed by atoms with van der Waals surface area (Å²) in [6.07, 6.45) is 1.51. The topological polar surface area (TPSA) is 63.2 Å². The van der Waals surface area contributed by atoms with Crippen LogP contribution in [0.3, 0.4) is 0 Å². The van der Waals surface area contributed by atoms with Crippen molar-refractivity contribution in [3.8, 4) is 5.75 Å². The molecule has 1 amide bonds. The lowest BCUT2D eigenvalue weighted by Gasteiger charge is -2.08. The van der Waals surface area contributed by atoms with E-state index < -0.39 is 5.82 Å². The number of nitrogens with one attached hydrogen (secondary N) is 2. The molecular weight excluding hydrogens is 357 g/mol. The Bertz CT molecular complexity index is 915. The van der Waals surface area contributed by atoms with Crippen LogP contribution in [0.15, 0.2) is 60.8 Å². The maximum Gasteiger partial charge on any atom is 0.274 e. The van der Waals surface area contributed by atoms with Gasteiger partial charge in [-0.3, -0.25) is 4.79 Å². The Hall–Kier alpha value is -3.12. The van der Waals surface area contributed by atoms with Crippen LogP contribution < -0.4 is 15.4 Å². The number of amides is 1. The molecule has 3 aromatic rings. The van der Waals surface area contributed by atoms with Gasteiger partial charge in [0.1, 0.15) is 17.3 Å². The molecule has 2 N–H and O–H groups in total. The molecule has 7 heteroatoms. The molecule has 0 atom stereocenters. The van der Waals surface area contributed by atoms with Gasteiger partial charge in [0.2, 0.25) is 0 Å². The number of hydrogen-bond acceptors (Lipinski definition) is 4. The van der Waals surface area contributed by atoms with Gasteiger partial charge in [0.25, 0.3) is 5.91 Å². The molecule has 2 aromatic carbocycles. The molecule has 26 heavy (non-hydrogen) atoms. The lowest BCUT2D eigenvalue weighted by molar-refractivity contribution is 0.102. The number of benzene rings is 2. The monoisotopic (exact) mass is 371 g/mol. The van der Waals surface area contributed by atoms with E-state index in [0.717, 1.165) is 0 Å². The van der Waals surface area contributed by atoms with E-state index >= 15 is 0 Å². The van der Waals surface area contributed by atoms with E-state index in [2.05, 4.69) is 15.6 Å². The van der Waals surface area contributed by atoms with Crippen LogP contribution in [0.1, 0.15) is 10.5 Å².